The lowest BCUT2D eigenvalue weighted by Gasteiger charge is -2.11. The largest absolute Gasteiger partial charge is 0.490 e. The molecule has 0 saturated heterocycles. The van der Waals surface area contributed by atoms with Gasteiger partial charge in [-0.1, -0.05) is 37.6 Å². The maximum atomic E-state index is 9.41. The van der Waals surface area contributed by atoms with E-state index in [9.17, 15) is 5.02 Å². The van der Waals surface area contributed by atoms with Crippen molar-refractivity contribution < 1.29 is 9.68 Å². The molecule has 0 radical (unpaired) electrons. The van der Waals surface area contributed by atoms with Gasteiger partial charge in [-0.25, -0.2) is 0 Å². The third-order valence-electron chi connectivity index (χ3n) is 2.47. The predicted molar refractivity (Wildman–Crippen MR) is 62.9 cm³/mol. The van der Waals surface area contributed by atoms with E-state index in [4.69, 9.17) is 10.4 Å². The van der Waals surface area contributed by atoms with Crippen molar-refractivity contribution in [3.05, 3.63) is 29.8 Å². The number of hydrogen-bond donors (Lipinski definition) is 2. The lowest BCUT2D eigenvalue weighted by atomic mass is 9.79. The highest BCUT2D eigenvalue weighted by Crippen LogP contribution is 2.13. The van der Waals surface area contributed by atoms with Crippen LogP contribution >= 0.6 is 0 Å². The summed E-state index contributed by atoms with van der Waals surface area (Å²) < 4.78 is 4.81. The molecule has 1 rings (SSSR count). The second-order valence-electron chi connectivity index (χ2n) is 3.65. The maximum absolute atomic E-state index is 9.41. The number of rotatable bonds is 5. The summed E-state index contributed by atoms with van der Waals surface area (Å²) in [6.45, 7) is 2.11. The molecule has 1 aromatic rings. The number of hydrogen-bond acceptors (Lipinski definition) is 3. The lowest BCUT2D eigenvalue weighted by Crippen LogP contribution is -2.32. The van der Waals surface area contributed by atoms with Gasteiger partial charge in [0.15, 0.2) is 0 Å². The van der Waals surface area contributed by atoms with E-state index in [-0.39, 0.29) is 6.04 Å². The highest BCUT2D eigenvalue weighted by molar-refractivity contribution is 6.59. The molecule has 0 spiro atoms. The molecule has 0 aliphatic carbocycles. The van der Waals surface area contributed by atoms with Gasteiger partial charge in [0.1, 0.15) is 0 Å². The molecule has 1 unspecified atom stereocenters. The van der Waals surface area contributed by atoms with Crippen molar-refractivity contribution in [3.8, 4) is 0 Å². The van der Waals surface area contributed by atoms with Gasteiger partial charge in [0.05, 0.1) is 0 Å². The smallest absolute Gasteiger partial charge is 0.423 e. The van der Waals surface area contributed by atoms with Gasteiger partial charge in [-0.05, 0) is 17.4 Å². The van der Waals surface area contributed by atoms with Crippen LogP contribution in [0, 0.1) is 0 Å². The van der Waals surface area contributed by atoms with Crippen LogP contribution in [0.3, 0.4) is 0 Å². The van der Waals surface area contributed by atoms with Crippen molar-refractivity contribution in [1.29, 1.82) is 0 Å². The molecule has 1 atom stereocenters. The molecular weight excluding hydrogens is 189 g/mol. The second kappa shape index (κ2) is 5.90. The summed E-state index contributed by atoms with van der Waals surface area (Å²) in [5.41, 5.74) is 7.83. The Kier molecular flexibility index (Phi) is 4.82. The molecule has 0 heterocycles. The molecule has 1 aromatic carbocycles. The molecular formula is C11H18BNO2. The average molecular weight is 207 g/mol. The van der Waals surface area contributed by atoms with Crippen LogP contribution in [0.1, 0.15) is 31.4 Å². The normalized spacial score (nSPS) is 12.5. The molecule has 0 fully saturated rings. The van der Waals surface area contributed by atoms with E-state index in [0.29, 0.717) is 0 Å². The summed E-state index contributed by atoms with van der Waals surface area (Å²) in [6, 6.07) is 7.66. The van der Waals surface area contributed by atoms with Gasteiger partial charge < -0.3 is 15.4 Å². The molecule has 3 nitrogen and oxygen atoms in total. The maximum Gasteiger partial charge on any atom is 0.490 e. The third-order valence-corrected chi connectivity index (χ3v) is 2.47. The van der Waals surface area contributed by atoms with E-state index in [1.807, 2.05) is 24.3 Å². The van der Waals surface area contributed by atoms with E-state index in [2.05, 4.69) is 6.92 Å². The molecule has 0 aromatic heterocycles. The van der Waals surface area contributed by atoms with Crippen molar-refractivity contribution in [2.75, 3.05) is 7.11 Å². The summed E-state index contributed by atoms with van der Waals surface area (Å²) in [6.07, 6.45) is 2.05. The van der Waals surface area contributed by atoms with Crippen molar-refractivity contribution in [2.45, 2.75) is 25.8 Å². The zero-order valence-electron chi connectivity index (χ0n) is 9.31. The van der Waals surface area contributed by atoms with Crippen molar-refractivity contribution in [2.24, 2.45) is 5.73 Å². The highest BCUT2D eigenvalue weighted by atomic mass is 16.5. The molecule has 0 amide bonds. The third kappa shape index (κ3) is 3.34. The summed E-state index contributed by atoms with van der Waals surface area (Å²) in [7, 11) is 0.628. The van der Waals surface area contributed by atoms with Crippen LogP contribution < -0.4 is 11.2 Å². The van der Waals surface area contributed by atoms with Gasteiger partial charge in [0.2, 0.25) is 0 Å². The van der Waals surface area contributed by atoms with Crippen molar-refractivity contribution in [3.63, 3.8) is 0 Å². The van der Waals surface area contributed by atoms with E-state index < -0.39 is 7.12 Å². The zero-order valence-corrected chi connectivity index (χ0v) is 9.31. The Bertz CT molecular complexity index is 289. The van der Waals surface area contributed by atoms with E-state index in [0.717, 1.165) is 23.9 Å². The molecule has 3 N–H and O–H groups in total. The Morgan fingerprint density at radius 1 is 1.40 bits per heavy atom. The average Bonchev–Trinajstić information content (AvgIpc) is 2.28. The first kappa shape index (κ1) is 12.2. The Morgan fingerprint density at radius 2 is 2.00 bits per heavy atom. The van der Waals surface area contributed by atoms with Crippen LogP contribution in [0.15, 0.2) is 24.3 Å². The molecule has 0 saturated carbocycles. The van der Waals surface area contributed by atoms with E-state index in [1.54, 1.807) is 0 Å². The van der Waals surface area contributed by atoms with Gasteiger partial charge in [-0.15, -0.1) is 0 Å². The van der Waals surface area contributed by atoms with Crippen molar-refractivity contribution >= 4 is 12.6 Å². The Labute approximate surface area is 91.4 Å². The van der Waals surface area contributed by atoms with E-state index >= 15 is 0 Å². The molecule has 15 heavy (non-hydrogen) atoms. The molecule has 0 aliphatic heterocycles. The quantitative estimate of drug-likeness (QED) is 0.702. The predicted octanol–water partition coefficient (Wildman–Crippen LogP) is 0.820. The van der Waals surface area contributed by atoms with Crippen LogP contribution in [-0.4, -0.2) is 19.3 Å². The number of nitrogens with two attached hydrogens (primary N) is 1. The van der Waals surface area contributed by atoms with Crippen LogP contribution in [0.2, 0.25) is 0 Å². The number of benzene rings is 1. The minimum atomic E-state index is -0.846. The van der Waals surface area contributed by atoms with Gasteiger partial charge in [0.25, 0.3) is 0 Å². The van der Waals surface area contributed by atoms with Gasteiger partial charge in [0, 0.05) is 13.2 Å². The fourth-order valence-electron chi connectivity index (χ4n) is 1.52. The Balaban J connectivity index is 2.71. The first-order valence-electron chi connectivity index (χ1n) is 5.25. The monoisotopic (exact) mass is 207 g/mol. The first-order valence-corrected chi connectivity index (χ1v) is 5.25. The fraction of sp³-hybridized carbons (Fsp3) is 0.455. The lowest BCUT2D eigenvalue weighted by molar-refractivity contribution is 0.341. The fourth-order valence-corrected chi connectivity index (χ4v) is 1.52. The van der Waals surface area contributed by atoms with E-state index in [1.165, 1.54) is 7.11 Å². The van der Waals surface area contributed by atoms with Crippen molar-refractivity contribution in [1.82, 2.24) is 0 Å². The van der Waals surface area contributed by atoms with Gasteiger partial charge >= 0.3 is 7.12 Å². The topological polar surface area (TPSA) is 55.5 Å². The SMILES string of the molecule is CCCC(N)c1ccc(B(O)OC)cc1. The van der Waals surface area contributed by atoms with Gasteiger partial charge in [-0.2, -0.15) is 0 Å². The summed E-state index contributed by atoms with van der Waals surface area (Å²) >= 11 is 0. The summed E-state index contributed by atoms with van der Waals surface area (Å²) in [5.74, 6) is 0. The second-order valence-corrected chi connectivity index (χ2v) is 3.65. The van der Waals surface area contributed by atoms with Crippen LogP contribution in [0.4, 0.5) is 0 Å². The minimum Gasteiger partial charge on any atom is -0.423 e. The minimum absolute atomic E-state index is 0.0868. The molecule has 82 valence electrons. The van der Waals surface area contributed by atoms with Crippen LogP contribution in [0.25, 0.3) is 0 Å². The highest BCUT2D eigenvalue weighted by Gasteiger charge is 2.14. The Hall–Kier alpha value is -0.835. The van der Waals surface area contributed by atoms with Crippen LogP contribution in [-0.2, 0) is 4.65 Å². The molecule has 4 heteroatoms. The summed E-state index contributed by atoms with van der Waals surface area (Å²) in [5, 5.41) is 9.41. The standard InChI is InChI=1S/C11H18BNO2/c1-3-4-11(13)9-5-7-10(8-6-9)12(14)15-2/h5-8,11,14H,3-4,13H2,1-2H3. The molecule has 0 aliphatic rings. The molecule has 0 bridgehead atoms. The summed E-state index contributed by atoms with van der Waals surface area (Å²) in [4.78, 5) is 0. The van der Waals surface area contributed by atoms with Gasteiger partial charge in [-0.3, -0.25) is 0 Å². The Morgan fingerprint density at radius 3 is 2.47 bits per heavy atom. The first-order chi connectivity index (χ1) is 7.19. The van der Waals surface area contributed by atoms with Crippen LogP contribution in [0.5, 0.6) is 0 Å². The zero-order chi connectivity index (χ0) is 11.3.